The van der Waals surface area contributed by atoms with Gasteiger partial charge in [-0.1, -0.05) is 28.1 Å². The van der Waals surface area contributed by atoms with Crippen LogP contribution in [0.5, 0.6) is 5.75 Å². The Morgan fingerprint density at radius 2 is 2.06 bits per heavy atom. The van der Waals surface area contributed by atoms with Gasteiger partial charge in [-0.2, -0.15) is 5.26 Å². The number of hydrogen-bond acceptors (Lipinski definition) is 2. The van der Waals surface area contributed by atoms with Gasteiger partial charge >= 0.3 is 0 Å². The average Bonchev–Trinajstić information content (AvgIpc) is 2.35. The molecule has 2 nitrogen and oxygen atoms in total. The Morgan fingerprint density at radius 3 is 2.78 bits per heavy atom. The monoisotopic (exact) mass is 305 g/mol. The van der Waals surface area contributed by atoms with Gasteiger partial charge in [0.2, 0.25) is 0 Å². The van der Waals surface area contributed by atoms with Crippen molar-refractivity contribution in [3.63, 3.8) is 0 Å². The predicted octanol–water partition coefficient (Wildman–Crippen LogP) is 4.04. The molecule has 0 radical (unpaired) electrons. The lowest BCUT2D eigenvalue weighted by atomic mass is 10.1. The Hall–Kier alpha value is -1.86. The Bertz CT molecular complexity index is 587. The largest absolute Gasteiger partial charge is 0.489 e. The minimum absolute atomic E-state index is 0.297. The van der Waals surface area contributed by atoms with Gasteiger partial charge in [-0.25, -0.2) is 4.39 Å². The van der Waals surface area contributed by atoms with Crippen LogP contribution in [0.2, 0.25) is 0 Å². The summed E-state index contributed by atoms with van der Waals surface area (Å²) in [6, 6.07) is 13.6. The van der Waals surface area contributed by atoms with E-state index >= 15 is 0 Å². The van der Waals surface area contributed by atoms with Crippen molar-refractivity contribution in [2.75, 3.05) is 0 Å². The molecule has 0 unspecified atom stereocenters. The fourth-order valence-electron chi connectivity index (χ4n) is 1.51. The molecule has 0 atom stereocenters. The molecule has 2 aromatic carbocycles. The van der Waals surface area contributed by atoms with Crippen molar-refractivity contribution in [2.45, 2.75) is 6.61 Å². The third kappa shape index (κ3) is 3.31. The molecule has 0 saturated carbocycles. The lowest BCUT2D eigenvalue weighted by molar-refractivity contribution is 0.304. The minimum Gasteiger partial charge on any atom is -0.489 e. The summed E-state index contributed by atoms with van der Waals surface area (Å²) in [5.74, 6) is 0.0920. The number of rotatable bonds is 3. The summed E-state index contributed by atoms with van der Waals surface area (Å²) >= 11 is 3.20. The van der Waals surface area contributed by atoms with Crippen LogP contribution in [-0.2, 0) is 6.61 Å². The molecule has 0 N–H and O–H groups in total. The van der Waals surface area contributed by atoms with Crippen LogP contribution in [0.1, 0.15) is 11.1 Å². The standard InChI is InChI=1S/C14H9BrFNO/c15-12-5-13(16)7-14(6-12)18-9-11-3-1-2-10(4-11)8-17/h1-7H,9H2. The van der Waals surface area contributed by atoms with E-state index in [0.29, 0.717) is 22.4 Å². The van der Waals surface area contributed by atoms with Crippen LogP contribution in [0.4, 0.5) is 4.39 Å². The first kappa shape index (κ1) is 12.6. The van der Waals surface area contributed by atoms with Crippen LogP contribution >= 0.6 is 15.9 Å². The fraction of sp³-hybridized carbons (Fsp3) is 0.0714. The van der Waals surface area contributed by atoms with Crippen LogP contribution < -0.4 is 4.74 Å². The Morgan fingerprint density at radius 1 is 1.22 bits per heavy atom. The highest BCUT2D eigenvalue weighted by Crippen LogP contribution is 2.21. The van der Waals surface area contributed by atoms with Crippen molar-refractivity contribution < 1.29 is 9.13 Å². The molecule has 0 aliphatic heterocycles. The third-order valence-corrected chi connectivity index (χ3v) is 2.76. The summed E-state index contributed by atoms with van der Waals surface area (Å²) in [4.78, 5) is 0. The van der Waals surface area contributed by atoms with E-state index in [0.717, 1.165) is 5.56 Å². The van der Waals surface area contributed by atoms with E-state index in [2.05, 4.69) is 22.0 Å². The smallest absolute Gasteiger partial charge is 0.128 e. The molecule has 0 spiro atoms. The molecule has 0 bridgehead atoms. The van der Waals surface area contributed by atoms with Gasteiger partial charge in [0.05, 0.1) is 11.6 Å². The van der Waals surface area contributed by atoms with Crippen molar-refractivity contribution in [2.24, 2.45) is 0 Å². The maximum Gasteiger partial charge on any atom is 0.128 e. The Kier molecular flexibility index (Phi) is 3.96. The van der Waals surface area contributed by atoms with Crippen LogP contribution in [0.3, 0.4) is 0 Å². The van der Waals surface area contributed by atoms with Gasteiger partial charge in [0.25, 0.3) is 0 Å². The summed E-state index contributed by atoms with van der Waals surface area (Å²) in [7, 11) is 0. The van der Waals surface area contributed by atoms with Gasteiger partial charge < -0.3 is 4.74 Å². The van der Waals surface area contributed by atoms with E-state index in [4.69, 9.17) is 10.00 Å². The first-order chi connectivity index (χ1) is 8.67. The average molecular weight is 306 g/mol. The summed E-state index contributed by atoms with van der Waals surface area (Å²) in [6.45, 7) is 0.297. The predicted molar refractivity (Wildman–Crippen MR) is 69.6 cm³/mol. The molecule has 0 heterocycles. The van der Waals surface area contributed by atoms with Crippen LogP contribution in [0, 0.1) is 17.1 Å². The van der Waals surface area contributed by atoms with Gasteiger partial charge in [-0.05, 0) is 29.8 Å². The summed E-state index contributed by atoms with van der Waals surface area (Å²) in [5, 5.41) is 8.77. The maximum atomic E-state index is 13.1. The van der Waals surface area contributed by atoms with Crippen molar-refractivity contribution >= 4 is 15.9 Å². The molecular formula is C14H9BrFNO. The topological polar surface area (TPSA) is 33.0 Å². The quantitative estimate of drug-likeness (QED) is 0.857. The zero-order chi connectivity index (χ0) is 13.0. The minimum atomic E-state index is -0.356. The number of benzene rings is 2. The highest BCUT2D eigenvalue weighted by molar-refractivity contribution is 9.10. The molecule has 90 valence electrons. The van der Waals surface area contributed by atoms with Crippen molar-refractivity contribution in [1.29, 1.82) is 5.26 Å². The molecule has 0 aliphatic carbocycles. The highest BCUT2D eigenvalue weighted by atomic mass is 79.9. The van der Waals surface area contributed by atoms with Gasteiger partial charge in [-0.3, -0.25) is 0 Å². The highest BCUT2D eigenvalue weighted by Gasteiger charge is 2.01. The van der Waals surface area contributed by atoms with Crippen molar-refractivity contribution in [1.82, 2.24) is 0 Å². The first-order valence-electron chi connectivity index (χ1n) is 5.25. The number of ether oxygens (including phenoxy) is 1. The second kappa shape index (κ2) is 5.65. The first-order valence-corrected chi connectivity index (χ1v) is 6.04. The van der Waals surface area contributed by atoms with E-state index in [9.17, 15) is 4.39 Å². The molecule has 2 rings (SSSR count). The van der Waals surface area contributed by atoms with E-state index in [1.165, 1.54) is 12.1 Å². The molecular weight excluding hydrogens is 297 g/mol. The second-order valence-electron chi connectivity index (χ2n) is 3.71. The van der Waals surface area contributed by atoms with E-state index in [-0.39, 0.29) is 5.82 Å². The molecule has 0 saturated heterocycles. The van der Waals surface area contributed by atoms with Crippen LogP contribution in [0.25, 0.3) is 0 Å². The van der Waals surface area contributed by atoms with Crippen molar-refractivity contribution in [3.05, 3.63) is 63.9 Å². The number of hydrogen-bond donors (Lipinski definition) is 0. The molecule has 0 aromatic heterocycles. The molecule has 4 heteroatoms. The third-order valence-electron chi connectivity index (χ3n) is 2.30. The molecule has 2 aromatic rings. The second-order valence-corrected chi connectivity index (χ2v) is 4.62. The van der Waals surface area contributed by atoms with Crippen LogP contribution in [0.15, 0.2) is 46.9 Å². The van der Waals surface area contributed by atoms with Gasteiger partial charge in [0, 0.05) is 10.5 Å². The van der Waals surface area contributed by atoms with Gasteiger partial charge in [-0.15, -0.1) is 0 Å². The fourth-order valence-corrected chi connectivity index (χ4v) is 1.95. The zero-order valence-corrected chi connectivity index (χ0v) is 10.9. The van der Waals surface area contributed by atoms with E-state index < -0.39 is 0 Å². The van der Waals surface area contributed by atoms with E-state index in [1.54, 1.807) is 24.3 Å². The SMILES string of the molecule is N#Cc1cccc(COc2cc(F)cc(Br)c2)c1. The normalized spacial score (nSPS) is 9.83. The zero-order valence-electron chi connectivity index (χ0n) is 9.36. The van der Waals surface area contributed by atoms with Gasteiger partial charge in [0.1, 0.15) is 18.2 Å². The Labute approximate surface area is 113 Å². The maximum absolute atomic E-state index is 13.1. The summed E-state index contributed by atoms with van der Waals surface area (Å²) in [5.41, 5.74) is 1.45. The molecule has 0 aliphatic rings. The summed E-state index contributed by atoms with van der Waals surface area (Å²) < 4.78 is 19.2. The molecule has 18 heavy (non-hydrogen) atoms. The lowest BCUT2D eigenvalue weighted by Crippen LogP contribution is -1.96. The molecule has 0 amide bonds. The van der Waals surface area contributed by atoms with Gasteiger partial charge in [0.15, 0.2) is 0 Å². The number of nitrogens with zero attached hydrogens (tertiary/aromatic N) is 1. The Balaban J connectivity index is 2.09. The lowest BCUT2D eigenvalue weighted by Gasteiger charge is -2.07. The number of nitriles is 1. The summed E-state index contributed by atoms with van der Waals surface area (Å²) in [6.07, 6.45) is 0. The van der Waals surface area contributed by atoms with Crippen molar-refractivity contribution in [3.8, 4) is 11.8 Å². The van der Waals surface area contributed by atoms with Crippen LogP contribution in [-0.4, -0.2) is 0 Å². The van der Waals surface area contributed by atoms with E-state index in [1.807, 2.05) is 6.07 Å². The number of halogens is 2. The molecule has 0 fully saturated rings.